The van der Waals surface area contributed by atoms with E-state index < -0.39 is 34.4 Å². The average Bonchev–Trinajstić information content (AvgIpc) is 2.99. The molecule has 7 nitrogen and oxygen atoms in total. The van der Waals surface area contributed by atoms with Gasteiger partial charge in [0.25, 0.3) is 5.91 Å². The van der Waals surface area contributed by atoms with E-state index in [0.29, 0.717) is 17.9 Å². The molecule has 1 N–H and O–H groups in total. The van der Waals surface area contributed by atoms with Crippen LogP contribution in [0.25, 0.3) is 0 Å². The quantitative estimate of drug-likeness (QED) is 0.758. The smallest absolute Gasteiger partial charge is 0.338 e. The normalized spacial score (nSPS) is 17.9. The van der Waals surface area contributed by atoms with Crippen molar-refractivity contribution < 1.29 is 27.5 Å². The summed E-state index contributed by atoms with van der Waals surface area (Å²) in [4.78, 5) is 24.0. The highest BCUT2D eigenvalue weighted by molar-refractivity contribution is 7.91. The summed E-state index contributed by atoms with van der Waals surface area (Å²) in [6.07, 6.45) is 0.376. The Morgan fingerprint density at radius 3 is 2.48 bits per heavy atom. The second-order valence-electron chi connectivity index (χ2n) is 6.19. The number of benzene rings is 2. The molecule has 27 heavy (non-hydrogen) atoms. The Labute approximate surface area is 157 Å². The Morgan fingerprint density at radius 2 is 1.78 bits per heavy atom. The van der Waals surface area contributed by atoms with Gasteiger partial charge in [-0.05, 0) is 36.8 Å². The van der Waals surface area contributed by atoms with Gasteiger partial charge in [0.15, 0.2) is 16.4 Å². The summed E-state index contributed by atoms with van der Waals surface area (Å²) in [5.41, 5.74) is 0.250. The third-order valence-corrected chi connectivity index (χ3v) is 5.75. The average molecular weight is 389 g/mol. The number of hydrogen-bond donors (Lipinski definition) is 1. The van der Waals surface area contributed by atoms with E-state index in [1.807, 2.05) is 18.2 Å². The van der Waals surface area contributed by atoms with Gasteiger partial charge in [-0.25, -0.2) is 13.2 Å². The van der Waals surface area contributed by atoms with E-state index in [9.17, 15) is 18.0 Å². The van der Waals surface area contributed by atoms with Crippen LogP contribution >= 0.6 is 0 Å². The molecule has 0 aromatic heterocycles. The van der Waals surface area contributed by atoms with Crippen LogP contribution < -0.4 is 10.1 Å². The first-order chi connectivity index (χ1) is 12.9. The second-order valence-corrected chi connectivity index (χ2v) is 8.42. The van der Waals surface area contributed by atoms with Crippen LogP contribution in [0.1, 0.15) is 16.8 Å². The lowest BCUT2D eigenvalue weighted by Crippen LogP contribution is -2.38. The van der Waals surface area contributed by atoms with Crippen LogP contribution in [0.15, 0.2) is 54.6 Å². The second kappa shape index (κ2) is 8.22. The minimum atomic E-state index is -3.08. The molecular weight excluding hydrogens is 370 g/mol. The van der Waals surface area contributed by atoms with Gasteiger partial charge in [-0.2, -0.15) is 0 Å². The molecular formula is C19H19NO6S. The molecule has 0 unspecified atom stereocenters. The van der Waals surface area contributed by atoms with Crippen LogP contribution in [0, 0.1) is 0 Å². The lowest BCUT2D eigenvalue weighted by molar-refractivity contribution is -0.124. The Kier molecular flexibility index (Phi) is 5.75. The molecule has 1 atom stereocenters. The molecule has 0 saturated carbocycles. The number of carbonyl (C=O) groups excluding carboxylic acids is 2. The van der Waals surface area contributed by atoms with Crippen LogP contribution in [-0.2, 0) is 19.4 Å². The number of sulfone groups is 1. The third-order valence-electron chi connectivity index (χ3n) is 3.98. The molecule has 1 aliphatic rings. The van der Waals surface area contributed by atoms with Gasteiger partial charge in [-0.1, -0.05) is 24.3 Å². The fourth-order valence-electron chi connectivity index (χ4n) is 2.70. The van der Waals surface area contributed by atoms with E-state index in [1.165, 1.54) is 6.07 Å². The summed E-state index contributed by atoms with van der Waals surface area (Å²) in [5, 5.41) is 2.57. The summed E-state index contributed by atoms with van der Waals surface area (Å²) >= 11 is 0. The Bertz CT molecular complexity index is 926. The maximum atomic E-state index is 12.1. The molecule has 0 aliphatic carbocycles. The highest BCUT2D eigenvalue weighted by Gasteiger charge is 2.29. The van der Waals surface area contributed by atoms with Crippen molar-refractivity contribution in [2.75, 3.05) is 18.1 Å². The van der Waals surface area contributed by atoms with Crippen molar-refractivity contribution in [3.05, 3.63) is 60.2 Å². The minimum Gasteiger partial charge on any atom is -0.457 e. The highest BCUT2D eigenvalue weighted by atomic mass is 32.2. The number of ether oxygens (including phenoxy) is 2. The van der Waals surface area contributed by atoms with Crippen molar-refractivity contribution in [3.8, 4) is 11.5 Å². The third kappa shape index (κ3) is 5.55. The molecule has 2 aromatic rings. The zero-order valence-corrected chi connectivity index (χ0v) is 15.3. The van der Waals surface area contributed by atoms with Gasteiger partial charge >= 0.3 is 5.97 Å². The first-order valence-electron chi connectivity index (χ1n) is 8.41. The number of nitrogens with one attached hydrogen (secondary N) is 1. The van der Waals surface area contributed by atoms with E-state index in [0.717, 1.165) is 0 Å². The molecule has 1 heterocycles. The molecule has 2 aromatic carbocycles. The first-order valence-corrected chi connectivity index (χ1v) is 10.2. The van der Waals surface area contributed by atoms with Crippen molar-refractivity contribution >= 4 is 21.7 Å². The molecule has 1 aliphatic heterocycles. The van der Waals surface area contributed by atoms with Gasteiger partial charge in [0.2, 0.25) is 0 Å². The molecule has 1 saturated heterocycles. The van der Waals surface area contributed by atoms with Gasteiger partial charge in [0.05, 0.1) is 17.1 Å². The van der Waals surface area contributed by atoms with Crippen LogP contribution in [0.3, 0.4) is 0 Å². The molecule has 142 valence electrons. The monoisotopic (exact) mass is 389 g/mol. The molecule has 3 rings (SSSR count). The van der Waals surface area contributed by atoms with E-state index >= 15 is 0 Å². The van der Waals surface area contributed by atoms with Crippen molar-refractivity contribution in [2.24, 2.45) is 0 Å². The van der Waals surface area contributed by atoms with Crippen LogP contribution in [0.5, 0.6) is 11.5 Å². The summed E-state index contributed by atoms with van der Waals surface area (Å²) < 4.78 is 33.4. The van der Waals surface area contributed by atoms with Crippen molar-refractivity contribution in [2.45, 2.75) is 12.5 Å². The van der Waals surface area contributed by atoms with E-state index in [4.69, 9.17) is 9.47 Å². The minimum absolute atomic E-state index is 0.0614. The molecule has 0 radical (unpaired) electrons. The number of esters is 1. The van der Waals surface area contributed by atoms with Gasteiger partial charge in [-0.3, -0.25) is 4.79 Å². The van der Waals surface area contributed by atoms with E-state index in [-0.39, 0.29) is 17.1 Å². The van der Waals surface area contributed by atoms with E-state index in [1.54, 1.807) is 30.3 Å². The fraction of sp³-hybridized carbons (Fsp3) is 0.263. The maximum absolute atomic E-state index is 12.1. The number of rotatable bonds is 6. The standard InChI is InChI=1S/C19H19NO6S/c21-18(20-15-9-10-27(23,24)13-15)12-25-19(22)14-5-4-8-17(11-14)26-16-6-2-1-3-7-16/h1-8,11,15H,9-10,12-13H2,(H,20,21)/t15-/m1/s1. The SMILES string of the molecule is O=C(COC(=O)c1cccc(Oc2ccccc2)c1)N[C@@H]1CCS(=O)(=O)C1. The summed E-state index contributed by atoms with van der Waals surface area (Å²) in [6, 6.07) is 15.1. The Hall–Kier alpha value is -2.87. The summed E-state index contributed by atoms with van der Waals surface area (Å²) in [5.74, 6) is -0.104. The number of para-hydroxylation sites is 1. The predicted molar refractivity (Wildman–Crippen MR) is 98.4 cm³/mol. The summed E-state index contributed by atoms with van der Waals surface area (Å²) in [7, 11) is -3.08. The summed E-state index contributed by atoms with van der Waals surface area (Å²) in [6.45, 7) is -0.473. The topological polar surface area (TPSA) is 98.8 Å². The van der Waals surface area contributed by atoms with Gasteiger partial charge < -0.3 is 14.8 Å². The predicted octanol–water partition coefficient (Wildman–Crippen LogP) is 1.94. The Morgan fingerprint density at radius 1 is 1.04 bits per heavy atom. The maximum Gasteiger partial charge on any atom is 0.338 e. The van der Waals surface area contributed by atoms with Crippen molar-refractivity contribution in [1.29, 1.82) is 0 Å². The fourth-order valence-corrected chi connectivity index (χ4v) is 4.38. The van der Waals surface area contributed by atoms with Crippen molar-refractivity contribution in [1.82, 2.24) is 5.32 Å². The van der Waals surface area contributed by atoms with Crippen LogP contribution in [0.2, 0.25) is 0 Å². The zero-order chi connectivity index (χ0) is 19.3. The van der Waals surface area contributed by atoms with Gasteiger partial charge in [0, 0.05) is 6.04 Å². The first kappa shape index (κ1) is 18.9. The van der Waals surface area contributed by atoms with Gasteiger partial charge in [0.1, 0.15) is 11.5 Å². The molecule has 1 fully saturated rings. The largest absolute Gasteiger partial charge is 0.457 e. The van der Waals surface area contributed by atoms with Crippen LogP contribution in [-0.4, -0.2) is 44.4 Å². The number of amides is 1. The van der Waals surface area contributed by atoms with Gasteiger partial charge in [-0.15, -0.1) is 0 Å². The lowest BCUT2D eigenvalue weighted by Gasteiger charge is -2.11. The molecule has 0 spiro atoms. The van der Waals surface area contributed by atoms with E-state index in [2.05, 4.69) is 5.32 Å². The Balaban J connectivity index is 1.52. The highest BCUT2D eigenvalue weighted by Crippen LogP contribution is 2.22. The van der Waals surface area contributed by atoms with Crippen molar-refractivity contribution in [3.63, 3.8) is 0 Å². The zero-order valence-electron chi connectivity index (χ0n) is 14.5. The number of carbonyl (C=O) groups is 2. The molecule has 8 heteroatoms. The van der Waals surface area contributed by atoms with Crippen LogP contribution in [0.4, 0.5) is 0 Å². The molecule has 1 amide bonds. The lowest BCUT2D eigenvalue weighted by atomic mass is 10.2. The number of hydrogen-bond acceptors (Lipinski definition) is 6. The molecule has 0 bridgehead atoms.